The number of alkyl halides is 3. The third kappa shape index (κ3) is 8.95. The second-order valence-corrected chi connectivity index (χ2v) is 9.58. The van der Waals surface area contributed by atoms with E-state index in [0.717, 1.165) is 0 Å². The van der Waals surface area contributed by atoms with Gasteiger partial charge in [0.25, 0.3) is 6.47 Å². The van der Waals surface area contributed by atoms with Gasteiger partial charge in [0.2, 0.25) is 0 Å². The molecule has 0 bridgehead atoms. The Labute approximate surface area is 202 Å². The molecule has 0 saturated carbocycles. The number of ether oxygens (including phenoxy) is 3. The third-order valence-electron chi connectivity index (χ3n) is 4.29. The number of carbonyl (C=O) groups is 1. The van der Waals surface area contributed by atoms with Crippen molar-refractivity contribution in [2.75, 3.05) is 13.7 Å². The number of hydrogen-bond donors (Lipinski definition) is 1. The Bertz CT molecular complexity index is 1070. The van der Waals surface area contributed by atoms with Crippen molar-refractivity contribution in [3.8, 4) is 11.5 Å². The number of methoxy groups -OCH3 is 1. The minimum absolute atomic E-state index is 0.00253. The standard InChI is InChI=1S/C23H29F3O8S/c1-14(2)9-17(12-32-13-27)22(16(5)34-35(29,30)23(24,25)26)33-18-7-8-19(21(11-18)31-6)20(28)10-15(3)4/h7-9,11,13,15,20,28H,5,10,12H2,1-4,6H3/b22-17-. The van der Waals surface area contributed by atoms with E-state index in [0.29, 0.717) is 17.6 Å². The summed E-state index contributed by atoms with van der Waals surface area (Å²) in [5.74, 6) is -1.12. The van der Waals surface area contributed by atoms with Crippen molar-refractivity contribution < 1.29 is 49.9 Å². The normalized spacial score (nSPS) is 13.4. The maximum atomic E-state index is 12.9. The number of halogens is 3. The van der Waals surface area contributed by atoms with Crippen molar-refractivity contribution in [1.29, 1.82) is 0 Å². The molecule has 1 aromatic carbocycles. The predicted molar refractivity (Wildman–Crippen MR) is 122 cm³/mol. The molecular weight excluding hydrogens is 493 g/mol. The molecule has 12 heteroatoms. The lowest BCUT2D eigenvalue weighted by Gasteiger charge is -2.20. The molecule has 0 aromatic heterocycles. The molecule has 0 heterocycles. The van der Waals surface area contributed by atoms with Crippen LogP contribution in [0.2, 0.25) is 0 Å². The fourth-order valence-corrected chi connectivity index (χ4v) is 3.32. The fourth-order valence-electron chi connectivity index (χ4n) is 2.89. The first kappa shape index (κ1) is 30.0. The molecule has 1 atom stereocenters. The van der Waals surface area contributed by atoms with Gasteiger partial charge in [0.1, 0.15) is 18.1 Å². The molecule has 1 rings (SSSR count). The molecule has 0 saturated heterocycles. The molecule has 1 unspecified atom stereocenters. The zero-order chi connectivity index (χ0) is 27.0. The Morgan fingerprint density at radius 2 is 1.86 bits per heavy atom. The van der Waals surface area contributed by atoms with Crippen LogP contribution in [-0.2, 0) is 23.8 Å². The topological polar surface area (TPSA) is 108 Å². The highest BCUT2D eigenvalue weighted by atomic mass is 32.2. The van der Waals surface area contributed by atoms with E-state index in [1.54, 1.807) is 13.8 Å². The highest BCUT2D eigenvalue weighted by molar-refractivity contribution is 7.87. The van der Waals surface area contributed by atoms with Gasteiger partial charge in [-0.05, 0) is 38.3 Å². The van der Waals surface area contributed by atoms with E-state index in [1.165, 1.54) is 31.4 Å². The zero-order valence-electron chi connectivity index (χ0n) is 20.0. The zero-order valence-corrected chi connectivity index (χ0v) is 20.8. The lowest BCUT2D eigenvalue weighted by Crippen LogP contribution is -2.26. The van der Waals surface area contributed by atoms with Gasteiger partial charge in [-0.1, -0.05) is 32.1 Å². The number of aliphatic hydroxyl groups excluding tert-OH is 1. The Morgan fingerprint density at radius 3 is 2.34 bits per heavy atom. The molecule has 0 aliphatic rings. The summed E-state index contributed by atoms with van der Waals surface area (Å²) in [5, 5.41) is 10.5. The van der Waals surface area contributed by atoms with Gasteiger partial charge in [-0.3, -0.25) is 4.79 Å². The third-order valence-corrected chi connectivity index (χ3v) is 5.27. The van der Waals surface area contributed by atoms with Crippen molar-refractivity contribution in [2.24, 2.45) is 5.92 Å². The molecule has 0 aliphatic heterocycles. The van der Waals surface area contributed by atoms with Crippen molar-refractivity contribution in [3.63, 3.8) is 0 Å². The summed E-state index contributed by atoms with van der Waals surface area (Å²) < 4.78 is 81.6. The Kier molecular flexibility index (Phi) is 10.8. The summed E-state index contributed by atoms with van der Waals surface area (Å²) >= 11 is 0. The average molecular weight is 523 g/mol. The molecule has 0 amide bonds. The summed E-state index contributed by atoms with van der Waals surface area (Å²) in [7, 11) is -4.71. The van der Waals surface area contributed by atoms with Gasteiger partial charge >= 0.3 is 15.6 Å². The number of allylic oxidation sites excluding steroid dienone is 1. The number of carbonyl (C=O) groups excluding carboxylic acids is 1. The van der Waals surface area contributed by atoms with E-state index in [1.807, 2.05) is 13.8 Å². The summed E-state index contributed by atoms with van der Waals surface area (Å²) in [6.45, 7) is 10.0. The van der Waals surface area contributed by atoms with Crippen LogP contribution in [0.15, 0.2) is 53.5 Å². The van der Waals surface area contributed by atoms with Gasteiger partial charge in [-0.15, -0.1) is 0 Å². The van der Waals surface area contributed by atoms with Crippen LogP contribution < -0.4 is 9.47 Å². The van der Waals surface area contributed by atoms with E-state index in [4.69, 9.17) is 14.2 Å². The molecule has 0 radical (unpaired) electrons. The Morgan fingerprint density at radius 1 is 1.23 bits per heavy atom. The summed E-state index contributed by atoms with van der Waals surface area (Å²) in [6.07, 6.45) is 0.979. The van der Waals surface area contributed by atoms with Gasteiger partial charge < -0.3 is 23.5 Å². The SMILES string of the molecule is C=C(OS(=O)(=O)C(F)(F)F)/C(Oc1ccc(C(O)CC(C)C)c(OC)c1)=C(\C=C(C)C)COC=O. The molecule has 1 aromatic rings. The van der Waals surface area contributed by atoms with Gasteiger partial charge in [-0.25, -0.2) is 0 Å². The Balaban J connectivity index is 3.57. The first-order valence-electron chi connectivity index (χ1n) is 10.3. The van der Waals surface area contributed by atoms with Crippen molar-refractivity contribution >= 4 is 16.6 Å². The van der Waals surface area contributed by atoms with E-state index < -0.39 is 39.9 Å². The smallest absolute Gasteiger partial charge is 0.496 e. The van der Waals surface area contributed by atoms with Crippen LogP contribution in [-0.4, -0.2) is 39.2 Å². The molecule has 0 aliphatic carbocycles. The van der Waals surface area contributed by atoms with E-state index in [2.05, 4.69) is 10.8 Å². The second kappa shape index (κ2) is 12.6. The molecular formula is C23H29F3O8S. The molecule has 35 heavy (non-hydrogen) atoms. The van der Waals surface area contributed by atoms with Gasteiger partial charge in [0, 0.05) is 17.2 Å². The Hall–Kier alpha value is -2.99. The molecule has 8 nitrogen and oxygen atoms in total. The summed E-state index contributed by atoms with van der Waals surface area (Å²) in [6, 6.07) is 4.25. The first-order chi connectivity index (χ1) is 16.1. The van der Waals surface area contributed by atoms with Crippen molar-refractivity contribution in [3.05, 3.63) is 59.1 Å². The second-order valence-electron chi connectivity index (χ2n) is 8.04. The average Bonchev–Trinajstić information content (AvgIpc) is 2.72. The lowest BCUT2D eigenvalue weighted by atomic mass is 9.99. The van der Waals surface area contributed by atoms with Gasteiger partial charge in [-0.2, -0.15) is 21.6 Å². The molecule has 0 fully saturated rings. The van der Waals surface area contributed by atoms with Crippen LogP contribution >= 0.6 is 0 Å². The maximum Gasteiger partial charge on any atom is 0.534 e. The quantitative estimate of drug-likeness (QED) is 0.128. The number of aliphatic hydroxyl groups is 1. The van der Waals surface area contributed by atoms with E-state index >= 15 is 0 Å². The van der Waals surface area contributed by atoms with Crippen molar-refractivity contribution in [2.45, 2.75) is 45.7 Å². The van der Waals surface area contributed by atoms with E-state index in [-0.39, 0.29) is 29.5 Å². The van der Waals surface area contributed by atoms with Gasteiger partial charge in [0.15, 0.2) is 11.5 Å². The highest BCUT2D eigenvalue weighted by Gasteiger charge is 2.49. The van der Waals surface area contributed by atoms with Crippen molar-refractivity contribution in [1.82, 2.24) is 0 Å². The van der Waals surface area contributed by atoms with Crippen LogP contribution in [0.1, 0.15) is 45.8 Å². The van der Waals surface area contributed by atoms with Crippen LogP contribution in [0.5, 0.6) is 11.5 Å². The molecule has 0 spiro atoms. The number of benzene rings is 1. The summed E-state index contributed by atoms with van der Waals surface area (Å²) in [5.41, 5.74) is -4.68. The first-order valence-corrected chi connectivity index (χ1v) is 11.7. The lowest BCUT2D eigenvalue weighted by molar-refractivity contribution is -0.127. The van der Waals surface area contributed by atoms with Gasteiger partial charge in [0.05, 0.1) is 13.2 Å². The molecule has 196 valence electrons. The van der Waals surface area contributed by atoms with Crippen LogP contribution in [0, 0.1) is 5.92 Å². The summed E-state index contributed by atoms with van der Waals surface area (Å²) in [4.78, 5) is 10.7. The van der Waals surface area contributed by atoms with Crippen LogP contribution in [0.4, 0.5) is 13.2 Å². The largest absolute Gasteiger partial charge is 0.534 e. The van der Waals surface area contributed by atoms with Crippen LogP contribution in [0.25, 0.3) is 0 Å². The minimum Gasteiger partial charge on any atom is -0.496 e. The monoisotopic (exact) mass is 522 g/mol. The fraction of sp³-hybridized carbons (Fsp3) is 0.435. The number of rotatable bonds is 13. The minimum atomic E-state index is -6.06. The van der Waals surface area contributed by atoms with E-state index in [9.17, 15) is 31.5 Å². The predicted octanol–water partition coefficient (Wildman–Crippen LogP) is 4.93. The van der Waals surface area contributed by atoms with Crippen LogP contribution in [0.3, 0.4) is 0 Å². The highest BCUT2D eigenvalue weighted by Crippen LogP contribution is 2.35. The number of hydrogen-bond acceptors (Lipinski definition) is 8. The maximum absolute atomic E-state index is 12.9. The molecule has 1 N–H and O–H groups in total.